The fraction of sp³-hybridized carbons (Fsp3) is 0.480. The molecule has 0 bridgehead atoms. The van der Waals surface area contributed by atoms with Gasteiger partial charge in [0.1, 0.15) is 5.75 Å². The summed E-state index contributed by atoms with van der Waals surface area (Å²) in [5, 5.41) is 3.64. The lowest BCUT2D eigenvalue weighted by molar-refractivity contribution is 0.191. The Balaban J connectivity index is 0.00000289. The molecule has 2 aliphatic rings. The highest BCUT2D eigenvalue weighted by Crippen LogP contribution is 2.29. The Morgan fingerprint density at radius 2 is 1.86 bits per heavy atom. The van der Waals surface area contributed by atoms with Gasteiger partial charge < -0.3 is 29.0 Å². The maximum absolute atomic E-state index is 12.5. The second-order valence-corrected chi connectivity index (χ2v) is 8.77. The summed E-state index contributed by atoms with van der Waals surface area (Å²) in [6.45, 7) is 5.50. The molecule has 1 fully saturated rings. The first-order valence-corrected chi connectivity index (χ1v) is 11.9. The Labute approximate surface area is 210 Å². The van der Waals surface area contributed by atoms with Crippen molar-refractivity contribution in [3.05, 3.63) is 52.7 Å². The van der Waals surface area contributed by atoms with Crippen molar-refractivity contribution in [1.29, 1.82) is 0 Å². The summed E-state index contributed by atoms with van der Waals surface area (Å²) in [6.07, 6.45) is 6.45. The van der Waals surface area contributed by atoms with Crippen molar-refractivity contribution >= 4 is 23.4 Å². The molecule has 0 atom stereocenters. The van der Waals surface area contributed by atoms with Gasteiger partial charge in [-0.2, -0.15) is 0 Å². The Bertz CT molecular complexity index is 1200. The topological polar surface area (TPSA) is 90.7 Å². The molecule has 2 aliphatic heterocycles. The molecule has 0 radical (unpaired) electrons. The lowest BCUT2D eigenvalue weighted by Gasteiger charge is -2.32. The molecule has 3 aromatic heterocycles. The average molecular weight is 502 g/mol. The predicted octanol–water partition coefficient (Wildman–Crippen LogP) is 2.64. The third kappa shape index (κ3) is 6.04. The normalized spacial score (nSPS) is 16.5. The van der Waals surface area contributed by atoms with E-state index in [0.717, 1.165) is 67.1 Å². The van der Waals surface area contributed by atoms with Gasteiger partial charge in [0.05, 0.1) is 49.4 Å². The Kier molecular flexibility index (Phi) is 8.43. The average Bonchev–Trinajstić information content (AvgIpc) is 3.12. The van der Waals surface area contributed by atoms with Crippen molar-refractivity contribution in [3.63, 3.8) is 0 Å². The summed E-state index contributed by atoms with van der Waals surface area (Å²) in [4.78, 5) is 23.9. The first kappa shape index (κ1) is 25.2. The number of hydrogen-bond acceptors (Lipinski definition) is 8. The minimum absolute atomic E-state index is 0. The van der Waals surface area contributed by atoms with Crippen LogP contribution in [0.15, 0.2) is 41.5 Å². The van der Waals surface area contributed by atoms with Crippen LogP contribution >= 0.6 is 12.4 Å². The van der Waals surface area contributed by atoms with Crippen LogP contribution in [0.25, 0.3) is 11.0 Å². The molecular formula is C25H32ClN5O4. The highest BCUT2D eigenvalue weighted by atomic mass is 35.5. The van der Waals surface area contributed by atoms with Crippen molar-refractivity contribution in [2.24, 2.45) is 0 Å². The zero-order valence-electron chi connectivity index (χ0n) is 19.9. The lowest BCUT2D eigenvalue weighted by Crippen LogP contribution is -2.43. The van der Waals surface area contributed by atoms with Crippen molar-refractivity contribution < 1.29 is 14.2 Å². The number of rotatable bonds is 7. The van der Waals surface area contributed by atoms with Crippen LogP contribution in [0.1, 0.15) is 25.0 Å². The molecule has 188 valence electrons. The van der Waals surface area contributed by atoms with Gasteiger partial charge >= 0.3 is 0 Å². The Hall–Kier alpha value is -2.88. The Morgan fingerprint density at radius 1 is 1.06 bits per heavy atom. The number of aromatic nitrogens is 3. The van der Waals surface area contributed by atoms with Crippen molar-refractivity contribution in [1.82, 2.24) is 24.8 Å². The van der Waals surface area contributed by atoms with Gasteiger partial charge in [-0.25, -0.2) is 0 Å². The van der Waals surface area contributed by atoms with Gasteiger partial charge in [0.15, 0.2) is 11.5 Å². The fourth-order valence-corrected chi connectivity index (χ4v) is 4.55. The SMILES string of the molecule is COc1cnc2ccc(=O)n(CCN3CCC(NCc4cc5c(cn4)OCCCO5)CC3)c2c1.Cl. The van der Waals surface area contributed by atoms with Gasteiger partial charge in [-0.05, 0) is 32.0 Å². The molecule has 0 aliphatic carbocycles. The zero-order chi connectivity index (χ0) is 23.3. The van der Waals surface area contributed by atoms with Gasteiger partial charge in [-0.15, -0.1) is 12.4 Å². The number of likely N-dealkylation sites (tertiary alicyclic amines) is 1. The van der Waals surface area contributed by atoms with Gasteiger partial charge in [0.25, 0.3) is 5.56 Å². The lowest BCUT2D eigenvalue weighted by atomic mass is 10.0. The van der Waals surface area contributed by atoms with E-state index in [1.165, 1.54) is 0 Å². The van der Waals surface area contributed by atoms with Crippen molar-refractivity contribution in [2.45, 2.75) is 38.4 Å². The number of fused-ring (bicyclic) bond motifs is 2. The smallest absolute Gasteiger partial charge is 0.251 e. The maximum atomic E-state index is 12.5. The highest BCUT2D eigenvalue weighted by Gasteiger charge is 2.20. The molecule has 0 spiro atoms. The summed E-state index contributed by atoms with van der Waals surface area (Å²) in [5.74, 6) is 2.17. The summed E-state index contributed by atoms with van der Waals surface area (Å²) < 4.78 is 18.5. The van der Waals surface area contributed by atoms with E-state index < -0.39 is 0 Å². The summed E-state index contributed by atoms with van der Waals surface area (Å²) >= 11 is 0. The molecule has 1 saturated heterocycles. The predicted molar refractivity (Wildman–Crippen MR) is 136 cm³/mol. The van der Waals surface area contributed by atoms with E-state index in [-0.39, 0.29) is 18.0 Å². The number of ether oxygens (including phenoxy) is 3. The van der Waals surface area contributed by atoms with Gasteiger partial charge in [0, 0.05) is 50.3 Å². The minimum atomic E-state index is -0.0123. The van der Waals surface area contributed by atoms with Crippen LogP contribution in [0.4, 0.5) is 0 Å². The molecule has 1 N–H and O–H groups in total. The van der Waals surface area contributed by atoms with Crippen molar-refractivity contribution in [2.75, 3.05) is 40.0 Å². The van der Waals surface area contributed by atoms with Crippen LogP contribution in [0.5, 0.6) is 17.2 Å². The highest BCUT2D eigenvalue weighted by molar-refractivity contribution is 5.85. The van der Waals surface area contributed by atoms with Crippen LogP contribution in [0.2, 0.25) is 0 Å². The third-order valence-corrected chi connectivity index (χ3v) is 6.54. The monoisotopic (exact) mass is 501 g/mol. The van der Waals surface area contributed by atoms with E-state index in [1.807, 2.05) is 12.1 Å². The molecule has 0 saturated carbocycles. The van der Waals surface area contributed by atoms with Gasteiger partial charge in [-0.3, -0.25) is 14.8 Å². The van der Waals surface area contributed by atoms with Crippen LogP contribution in [-0.2, 0) is 13.1 Å². The quantitative estimate of drug-likeness (QED) is 0.528. The van der Waals surface area contributed by atoms with Gasteiger partial charge in [-0.1, -0.05) is 0 Å². The molecular weight excluding hydrogens is 470 g/mol. The van der Waals surface area contributed by atoms with Crippen molar-refractivity contribution in [3.8, 4) is 17.2 Å². The second-order valence-electron chi connectivity index (χ2n) is 8.77. The molecule has 0 amide bonds. The standard InChI is InChI=1S/C25H31N5O4.ClH/c1-32-20-14-22-21(28-16-20)3-4-25(31)30(22)10-9-29-7-5-18(6-8-29)26-15-19-13-23-24(17-27-19)34-12-2-11-33-23;/h3-4,13-14,16-18,26H,2,5-12,15H2,1H3;1H. The van der Waals surface area contributed by atoms with E-state index in [4.69, 9.17) is 14.2 Å². The van der Waals surface area contributed by atoms with E-state index in [2.05, 4.69) is 20.2 Å². The van der Waals surface area contributed by atoms with E-state index in [1.54, 1.807) is 36.2 Å². The summed E-state index contributed by atoms with van der Waals surface area (Å²) in [5.41, 5.74) is 2.56. The number of nitrogens with one attached hydrogen (secondary N) is 1. The zero-order valence-corrected chi connectivity index (χ0v) is 20.8. The summed E-state index contributed by atoms with van der Waals surface area (Å²) in [6, 6.07) is 7.67. The number of piperidine rings is 1. The van der Waals surface area contributed by atoms with Gasteiger partial charge in [0.2, 0.25) is 0 Å². The van der Waals surface area contributed by atoms with Crippen LogP contribution < -0.4 is 25.1 Å². The number of halogens is 1. The van der Waals surface area contributed by atoms with Crippen LogP contribution in [0, 0.1) is 0 Å². The third-order valence-electron chi connectivity index (χ3n) is 6.54. The number of pyridine rings is 3. The van der Waals surface area contributed by atoms with E-state index >= 15 is 0 Å². The molecule has 3 aromatic rings. The molecule has 0 aromatic carbocycles. The van der Waals surface area contributed by atoms with Crippen LogP contribution in [-0.4, -0.2) is 65.4 Å². The molecule has 9 nitrogen and oxygen atoms in total. The first-order valence-electron chi connectivity index (χ1n) is 11.9. The Morgan fingerprint density at radius 3 is 2.66 bits per heavy atom. The second kappa shape index (κ2) is 11.7. The van der Waals surface area contributed by atoms with E-state index in [0.29, 0.717) is 38.1 Å². The molecule has 0 unspecified atom stereocenters. The minimum Gasteiger partial charge on any atom is -0.495 e. The van der Waals surface area contributed by atoms with Crippen LogP contribution in [0.3, 0.4) is 0 Å². The van der Waals surface area contributed by atoms with E-state index in [9.17, 15) is 4.79 Å². The molecule has 5 heterocycles. The fourth-order valence-electron chi connectivity index (χ4n) is 4.55. The molecule has 5 rings (SSSR count). The number of nitrogens with zero attached hydrogens (tertiary/aromatic N) is 4. The number of methoxy groups -OCH3 is 1. The molecule has 10 heteroatoms. The largest absolute Gasteiger partial charge is 0.495 e. The first-order chi connectivity index (χ1) is 16.7. The molecule has 35 heavy (non-hydrogen) atoms. The summed E-state index contributed by atoms with van der Waals surface area (Å²) in [7, 11) is 1.61. The maximum Gasteiger partial charge on any atom is 0.251 e. The number of hydrogen-bond donors (Lipinski definition) is 1.